The topological polar surface area (TPSA) is 229 Å². The van der Waals surface area contributed by atoms with Gasteiger partial charge in [0.25, 0.3) is 0 Å². The van der Waals surface area contributed by atoms with Crippen molar-refractivity contribution in [3.05, 3.63) is 53.6 Å². The first-order valence-electron chi connectivity index (χ1n) is 15.1. The maximum absolute atomic E-state index is 12.8. The molecule has 15 nitrogen and oxygen atoms in total. The van der Waals surface area contributed by atoms with Gasteiger partial charge in [-0.05, 0) is 54.8 Å². The van der Waals surface area contributed by atoms with Crippen LogP contribution in [0.3, 0.4) is 0 Å². The van der Waals surface area contributed by atoms with Gasteiger partial charge >= 0.3 is 0 Å². The van der Waals surface area contributed by atoms with Crippen molar-refractivity contribution in [3.63, 3.8) is 0 Å². The zero-order valence-corrected chi connectivity index (χ0v) is 25.0. The Morgan fingerprint density at radius 2 is 1.44 bits per heavy atom. The molecule has 0 radical (unpaired) electrons. The fourth-order valence-electron chi connectivity index (χ4n) is 5.90. The van der Waals surface area contributed by atoms with Crippen LogP contribution in [0.4, 0.5) is 29.2 Å². The summed E-state index contributed by atoms with van der Waals surface area (Å²) < 4.78 is 5.42. The number of carbonyl (C=O) groups excluding carboxylic acids is 2. The Morgan fingerprint density at radius 1 is 0.844 bits per heavy atom. The van der Waals surface area contributed by atoms with Gasteiger partial charge in [0.1, 0.15) is 5.75 Å². The molecule has 2 saturated heterocycles. The van der Waals surface area contributed by atoms with Crippen molar-refractivity contribution in [1.29, 1.82) is 0 Å². The zero-order chi connectivity index (χ0) is 31.5. The van der Waals surface area contributed by atoms with E-state index in [1.54, 1.807) is 24.3 Å². The second-order valence-electron chi connectivity index (χ2n) is 12.0. The van der Waals surface area contributed by atoms with Crippen LogP contribution in [0, 0.1) is 0 Å². The molecule has 11 N–H and O–H groups in total. The molecule has 15 heteroatoms. The monoisotopic (exact) mass is 616 g/mol. The van der Waals surface area contributed by atoms with Crippen LogP contribution in [0.5, 0.6) is 5.75 Å². The fourth-order valence-corrected chi connectivity index (χ4v) is 5.90. The number of piperidine rings is 2. The molecule has 238 valence electrons. The molecule has 1 amide bonds. The molecule has 0 unspecified atom stereocenters. The van der Waals surface area contributed by atoms with E-state index in [0.717, 1.165) is 29.8 Å². The number of amides is 1. The highest BCUT2D eigenvalue weighted by Crippen LogP contribution is 2.29. The molecule has 2 aromatic carbocycles. The molecule has 3 aromatic rings. The van der Waals surface area contributed by atoms with Crippen LogP contribution in [0.15, 0.2) is 42.5 Å². The molecule has 6 rings (SSSR count). The Labute approximate surface area is 261 Å². The van der Waals surface area contributed by atoms with Gasteiger partial charge in [0, 0.05) is 68.1 Å². The predicted octanol–water partition coefficient (Wildman–Crippen LogP) is -0.00440. The molecule has 4 atom stereocenters. The van der Waals surface area contributed by atoms with Crippen LogP contribution in [0.1, 0.15) is 35.2 Å². The number of ether oxygens (including phenoxy) is 1. The smallest absolute Gasteiger partial charge is 0.233 e. The summed E-state index contributed by atoms with van der Waals surface area (Å²) in [6.07, 6.45) is 1.19. The van der Waals surface area contributed by atoms with E-state index in [1.807, 2.05) is 28.0 Å². The summed E-state index contributed by atoms with van der Waals surface area (Å²) in [4.78, 5) is 43.4. The van der Waals surface area contributed by atoms with Crippen LogP contribution < -0.4 is 53.4 Å². The number of carbonyl (C=O) groups is 2. The number of nitrogens with zero attached hydrogens (tertiary/aromatic N) is 5. The maximum Gasteiger partial charge on any atom is 0.233 e. The van der Waals surface area contributed by atoms with E-state index in [0.29, 0.717) is 68.6 Å². The van der Waals surface area contributed by atoms with Gasteiger partial charge in [0.15, 0.2) is 12.5 Å². The Morgan fingerprint density at radius 3 is 2.04 bits per heavy atom. The number of fused-ring (bicyclic) bond motifs is 1. The molecule has 2 fully saturated rings. The van der Waals surface area contributed by atoms with E-state index in [-0.39, 0.29) is 42.3 Å². The summed E-state index contributed by atoms with van der Waals surface area (Å²) in [7, 11) is 0. The first-order valence-corrected chi connectivity index (χ1v) is 15.1. The first kappa shape index (κ1) is 30.5. The molecule has 3 aliphatic rings. The molecule has 3 aliphatic heterocycles. The number of hydrogen-bond acceptors (Lipinski definition) is 14. The number of hydrogen-bond donors (Lipinski definition) is 7. The Kier molecular flexibility index (Phi) is 8.93. The third kappa shape index (κ3) is 7.57. The minimum atomic E-state index is -0.355. The molecular formula is C30H40N12O3. The molecule has 0 saturated carbocycles. The van der Waals surface area contributed by atoms with E-state index in [4.69, 9.17) is 32.7 Å². The number of benzene rings is 2. The average Bonchev–Trinajstić information content (AvgIpc) is 3.47. The van der Waals surface area contributed by atoms with E-state index in [9.17, 15) is 9.59 Å². The summed E-state index contributed by atoms with van der Waals surface area (Å²) in [6.45, 7) is 3.01. The maximum atomic E-state index is 12.8. The standard InChI is InChI=1S/C30H40N12O3/c31-19-8-20(32)13-41(12-19)29-38-28(39-30(40-29)42-14-21(33)9-22(34)15-42)37-23-4-2-18(3-5-23)25(43)10-27(44)35-11-17-1-6-26-24(7-17)36-16-45-26/h1-7,19-22,36H,8-16,31-34H2,(H,35,44)(H,37,38,39,40)/t19-,20+,21-,22+. The van der Waals surface area contributed by atoms with E-state index in [1.165, 1.54) is 0 Å². The molecule has 0 aliphatic carbocycles. The number of ketones is 1. The molecule has 4 heterocycles. The van der Waals surface area contributed by atoms with Crippen molar-refractivity contribution < 1.29 is 14.3 Å². The second-order valence-corrected chi connectivity index (χ2v) is 12.0. The summed E-state index contributed by atoms with van der Waals surface area (Å²) in [5.74, 6) is 1.38. The zero-order valence-electron chi connectivity index (χ0n) is 25.0. The lowest BCUT2D eigenvalue weighted by Crippen LogP contribution is -2.54. The van der Waals surface area contributed by atoms with Crippen molar-refractivity contribution in [1.82, 2.24) is 20.3 Å². The summed E-state index contributed by atoms with van der Waals surface area (Å²) >= 11 is 0. The van der Waals surface area contributed by atoms with Gasteiger partial charge in [-0.3, -0.25) is 9.59 Å². The third-order valence-electron chi connectivity index (χ3n) is 8.02. The lowest BCUT2D eigenvalue weighted by atomic mass is 10.0. The van der Waals surface area contributed by atoms with Crippen molar-refractivity contribution in [2.24, 2.45) is 22.9 Å². The number of rotatable bonds is 9. The van der Waals surface area contributed by atoms with Gasteiger partial charge in [-0.2, -0.15) is 15.0 Å². The number of nitrogens with one attached hydrogen (secondary N) is 3. The van der Waals surface area contributed by atoms with E-state index >= 15 is 0 Å². The van der Waals surface area contributed by atoms with Gasteiger partial charge in [0.05, 0.1) is 12.1 Å². The molecular weight excluding hydrogens is 576 g/mol. The second kappa shape index (κ2) is 13.2. The fraction of sp³-hybridized carbons (Fsp3) is 0.433. The van der Waals surface area contributed by atoms with Crippen LogP contribution in [-0.2, 0) is 11.3 Å². The van der Waals surface area contributed by atoms with Gasteiger partial charge < -0.3 is 53.4 Å². The molecule has 1 aromatic heterocycles. The quantitative estimate of drug-likeness (QED) is 0.124. The lowest BCUT2D eigenvalue weighted by Gasteiger charge is -2.37. The van der Waals surface area contributed by atoms with Crippen LogP contribution in [-0.4, -0.2) is 83.7 Å². The summed E-state index contributed by atoms with van der Waals surface area (Å²) in [5.41, 5.74) is 27.9. The largest absolute Gasteiger partial charge is 0.471 e. The number of nitrogens with two attached hydrogens (primary N) is 4. The molecule has 0 spiro atoms. The first-order chi connectivity index (χ1) is 21.7. The van der Waals surface area contributed by atoms with E-state index < -0.39 is 0 Å². The number of aromatic nitrogens is 3. The van der Waals surface area contributed by atoms with Crippen LogP contribution in [0.2, 0.25) is 0 Å². The van der Waals surface area contributed by atoms with Crippen molar-refractivity contribution in [2.45, 2.75) is 50.0 Å². The highest BCUT2D eigenvalue weighted by molar-refractivity contribution is 6.07. The highest BCUT2D eigenvalue weighted by atomic mass is 16.5. The highest BCUT2D eigenvalue weighted by Gasteiger charge is 2.29. The number of anilines is 5. The van der Waals surface area contributed by atoms with E-state index in [2.05, 4.69) is 25.9 Å². The molecule has 45 heavy (non-hydrogen) atoms. The lowest BCUT2D eigenvalue weighted by molar-refractivity contribution is -0.120. The van der Waals surface area contributed by atoms with Crippen LogP contribution in [0.25, 0.3) is 0 Å². The normalized spacial score (nSPS) is 22.7. The Bertz CT molecular complexity index is 1470. The third-order valence-corrected chi connectivity index (χ3v) is 8.02. The van der Waals surface area contributed by atoms with Crippen LogP contribution >= 0.6 is 0 Å². The summed E-state index contributed by atoms with van der Waals surface area (Å²) in [6, 6.07) is 12.1. The minimum Gasteiger partial charge on any atom is -0.471 e. The Balaban J connectivity index is 1.11. The average molecular weight is 617 g/mol. The number of Topliss-reactive ketones (excluding diaryl/α,β-unsaturated/α-hetero) is 1. The van der Waals surface area contributed by atoms with Gasteiger partial charge in [-0.15, -0.1) is 0 Å². The van der Waals surface area contributed by atoms with Crippen molar-refractivity contribution in [3.8, 4) is 5.75 Å². The molecule has 0 bridgehead atoms. The minimum absolute atomic E-state index is 0.0965. The Hall–Kier alpha value is -4.57. The van der Waals surface area contributed by atoms with Gasteiger partial charge in [-0.1, -0.05) is 6.07 Å². The van der Waals surface area contributed by atoms with Gasteiger partial charge in [0.2, 0.25) is 23.8 Å². The van der Waals surface area contributed by atoms with Gasteiger partial charge in [-0.25, -0.2) is 0 Å². The summed E-state index contributed by atoms with van der Waals surface area (Å²) in [5, 5.41) is 9.15. The van der Waals surface area contributed by atoms with Crippen molar-refractivity contribution in [2.75, 3.05) is 53.3 Å². The SMILES string of the molecule is N[C@@H]1C[C@H](N)CN(c2nc(Nc3ccc(C(=O)CC(=O)NCc4ccc5c(c4)NCO5)cc3)nc(N3C[C@H](N)C[C@H](N)C3)n2)C1. The van der Waals surface area contributed by atoms with Crippen molar-refractivity contribution >= 4 is 40.9 Å². The predicted molar refractivity (Wildman–Crippen MR) is 171 cm³/mol.